The number of thiazole rings is 1. The highest BCUT2D eigenvalue weighted by molar-refractivity contribution is 7.15. The van der Waals surface area contributed by atoms with Crippen LogP contribution in [0.15, 0.2) is 11.6 Å². The van der Waals surface area contributed by atoms with Crippen LogP contribution in [0, 0.1) is 0 Å². The van der Waals surface area contributed by atoms with Crippen molar-refractivity contribution in [2.75, 3.05) is 11.4 Å². The molecule has 0 spiro atoms. The van der Waals surface area contributed by atoms with Gasteiger partial charge in [0, 0.05) is 30.7 Å². The number of imidazole rings is 1. The summed E-state index contributed by atoms with van der Waals surface area (Å²) in [5.74, 6) is 1.05. The molecule has 94 valence electrons. The van der Waals surface area contributed by atoms with Crippen molar-refractivity contribution in [3.63, 3.8) is 0 Å². The monoisotopic (exact) mass is 252 g/mol. The topological polar surface area (TPSA) is 46.6 Å². The van der Waals surface area contributed by atoms with Gasteiger partial charge in [-0.1, -0.05) is 6.92 Å². The lowest BCUT2D eigenvalue weighted by atomic mass is 10.2. The summed E-state index contributed by atoms with van der Waals surface area (Å²) in [6, 6.07) is 0.449. The molecular weight excluding hydrogens is 232 g/mol. The predicted molar refractivity (Wildman–Crippen MR) is 73.7 cm³/mol. The fourth-order valence-corrected chi connectivity index (χ4v) is 2.82. The molecule has 0 saturated heterocycles. The summed E-state index contributed by atoms with van der Waals surface area (Å²) >= 11 is 1.65. The Hall–Kier alpha value is -1.07. The Morgan fingerprint density at radius 2 is 2.29 bits per heavy atom. The van der Waals surface area contributed by atoms with Crippen molar-refractivity contribution in [3.8, 4) is 0 Å². The zero-order valence-corrected chi connectivity index (χ0v) is 11.5. The van der Waals surface area contributed by atoms with Crippen LogP contribution in [0.3, 0.4) is 0 Å². The maximum atomic E-state index is 5.87. The van der Waals surface area contributed by atoms with Gasteiger partial charge in [-0.2, -0.15) is 0 Å². The summed E-state index contributed by atoms with van der Waals surface area (Å²) in [7, 11) is 0. The first-order valence-corrected chi connectivity index (χ1v) is 6.98. The van der Waals surface area contributed by atoms with E-state index in [1.54, 1.807) is 11.3 Å². The molecule has 0 unspecified atom stereocenters. The molecule has 2 heterocycles. The first-order chi connectivity index (χ1) is 8.19. The van der Waals surface area contributed by atoms with Gasteiger partial charge in [0.1, 0.15) is 0 Å². The van der Waals surface area contributed by atoms with Crippen LogP contribution < -0.4 is 10.6 Å². The van der Waals surface area contributed by atoms with Gasteiger partial charge in [-0.05, 0) is 20.3 Å². The molecule has 0 fully saturated rings. The summed E-state index contributed by atoms with van der Waals surface area (Å²) in [4.78, 5) is 8.08. The van der Waals surface area contributed by atoms with E-state index in [1.807, 2.05) is 11.6 Å². The number of aromatic nitrogens is 2. The van der Waals surface area contributed by atoms with Gasteiger partial charge in [-0.15, -0.1) is 11.3 Å². The number of hydrogen-bond acceptors (Lipinski definition) is 4. The SMILES string of the molecule is CCCN(c1nc2sccn2c1CN)C(C)C. The second-order valence-electron chi connectivity index (χ2n) is 4.43. The average molecular weight is 252 g/mol. The molecular formula is C12H20N4S. The molecule has 2 aromatic rings. The van der Waals surface area contributed by atoms with Crippen molar-refractivity contribution in [1.29, 1.82) is 0 Å². The molecule has 2 rings (SSSR count). The molecule has 0 aliphatic rings. The molecule has 0 radical (unpaired) electrons. The summed E-state index contributed by atoms with van der Waals surface area (Å²) in [5.41, 5.74) is 6.99. The highest BCUT2D eigenvalue weighted by atomic mass is 32.1. The van der Waals surface area contributed by atoms with E-state index in [0.717, 1.165) is 29.4 Å². The summed E-state index contributed by atoms with van der Waals surface area (Å²) in [6.45, 7) is 8.14. The third-order valence-corrected chi connectivity index (χ3v) is 3.65. The molecule has 0 aliphatic carbocycles. The second kappa shape index (κ2) is 5.06. The van der Waals surface area contributed by atoms with Gasteiger partial charge in [0.2, 0.25) is 0 Å². The quantitative estimate of drug-likeness (QED) is 0.889. The Balaban J connectivity index is 2.47. The molecule has 17 heavy (non-hydrogen) atoms. The van der Waals surface area contributed by atoms with Crippen molar-refractivity contribution in [3.05, 3.63) is 17.3 Å². The zero-order valence-electron chi connectivity index (χ0n) is 10.7. The van der Waals surface area contributed by atoms with Crippen LogP contribution in [-0.4, -0.2) is 22.0 Å². The highest BCUT2D eigenvalue weighted by Gasteiger charge is 2.19. The molecule has 5 heteroatoms. The van der Waals surface area contributed by atoms with E-state index in [-0.39, 0.29) is 0 Å². The summed E-state index contributed by atoms with van der Waals surface area (Å²) in [6.07, 6.45) is 3.16. The van der Waals surface area contributed by atoms with Crippen LogP contribution in [0.25, 0.3) is 4.96 Å². The first-order valence-electron chi connectivity index (χ1n) is 6.10. The smallest absolute Gasteiger partial charge is 0.195 e. The van der Waals surface area contributed by atoms with Crippen molar-refractivity contribution in [2.24, 2.45) is 5.73 Å². The molecule has 0 bridgehead atoms. The Morgan fingerprint density at radius 1 is 1.53 bits per heavy atom. The first kappa shape index (κ1) is 12.4. The minimum absolute atomic E-state index is 0.449. The normalized spacial score (nSPS) is 11.6. The van der Waals surface area contributed by atoms with E-state index in [4.69, 9.17) is 10.7 Å². The van der Waals surface area contributed by atoms with Crippen LogP contribution >= 0.6 is 11.3 Å². The molecule has 0 aromatic carbocycles. The number of nitrogens with two attached hydrogens (primary N) is 1. The second-order valence-corrected chi connectivity index (χ2v) is 5.30. The van der Waals surface area contributed by atoms with Crippen LogP contribution in [0.5, 0.6) is 0 Å². The van der Waals surface area contributed by atoms with Gasteiger partial charge in [0.15, 0.2) is 10.8 Å². The Labute approximate surface area is 106 Å². The fraction of sp³-hybridized carbons (Fsp3) is 0.583. The minimum atomic E-state index is 0.449. The number of hydrogen-bond donors (Lipinski definition) is 1. The predicted octanol–water partition coefficient (Wildman–Crippen LogP) is 2.48. The number of fused-ring (bicyclic) bond motifs is 1. The van der Waals surface area contributed by atoms with Crippen LogP contribution in [-0.2, 0) is 6.54 Å². The standard InChI is InChI=1S/C12H20N4S/c1-4-5-15(9(2)3)11-10(8-13)16-6-7-17-12(16)14-11/h6-7,9H,4-5,8,13H2,1-3H3. The van der Waals surface area contributed by atoms with Crippen molar-refractivity contribution >= 4 is 22.1 Å². The largest absolute Gasteiger partial charge is 0.353 e. The summed E-state index contributed by atoms with van der Waals surface area (Å²) in [5, 5.41) is 2.05. The third-order valence-electron chi connectivity index (χ3n) is 2.89. The molecule has 0 amide bonds. The number of nitrogens with zero attached hydrogens (tertiary/aromatic N) is 3. The van der Waals surface area contributed by atoms with E-state index in [2.05, 4.69) is 30.1 Å². The van der Waals surface area contributed by atoms with Gasteiger partial charge in [0.05, 0.1) is 5.69 Å². The number of anilines is 1. The van der Waals surface area contributed by atoms with Gasteiger partial charge in [-0.3, -0.25) is 4.40 Å². The van der Waals surface area contributed by atoms with E-state index < -0.39 is 0 Å². The van der Waals surface area contributed by atoms with Gasteiger partial charge < -0.3 is 10.6 Å². The van der Waals surface area contributed by atoms with E-state index >= 15 is 0 Å². The lowest BCUT2D eigenvalue weighted by molar-refractivity contribution is 0.659. The van der Waals surface area contributed by atoms with Crippen LogP contribution in [0.2, 0.25) is 0 Å². The Bertz CT molecular complexity index is 486. The van der Waals surface area contributed by atoms with E-state index in [9.17, 15) is 0 Å². The molecule has 0 saturated carbocycles. The van der Waals surface area contributed by atoms with E-state index in [1.165, 1.54) is 0 Å². The van der Waals surface area contributed by atoms with Gasteiger partial charge >= 0.3 is 0 Å². The fourth-order valence-electron chi connectivity index (χ4n) is 2.09. The molecule has 2 N–H and O–H groups in total. The highest BCUT2D eigenvalue weighted by Crippen LogP contribution is 2.25. The van der Waals surface area contributed by atoms with Crippen molar-refractivity contribution in [2.45, 2.75) is 39.8 Å². The lowest BCUT2D eigenvalue weighted by Crippen LogP contribution is -2.32. The Morgan fingerprint density at radius 3 is 2.88 bits per heavy atom. The van der Waals surface area contributed by atoms with Crippen LogP contribution in [0.4, 0.5) is 5.82 Å². The van der Waals surface area contributed by atoms with Crippen molar-refractivity contribution in [1.82, 2.24) is 9.38 Å². The van der Waals surface area contributed by atoms with Crippen molar-refractivity contribution < 1.29 is 0 Å². The molecule has 2 aromatic heterocycles. The van der Waals surface area contributed by atoms with E-state index in [0.29, 0.717) is 12.6 Å². The van der Waals surface area contributed by atoms with Gasteiger partial charge in [0.25, 0.3) is 0 Å². The minimum Gasteiger partial charge on any atom is -0.353 e. The Kier molecular flexibility index (Phi) is 3.69. The van der Waals surface area contributed by atoms with Gasteiger partial charge in [-0.25, -0.2) is 4.98 Å². The lowest BCUT2D eigenvalue weighted by Gasteiger charge is -2.27. The average Bonchev–Trinajstić information content (AvgIpc) is 2.84. The molecule has 4 nitrogen and oxygen atoms in total. The zero-order chi connectivity index (χ0) is 12.4. The summed E-state index contributed by atoms with van der Waals surface area (Å²) < 4.78 is 2.10. The molecule has 0 aliphatic heterocycles. The maximum Gasteiger partial charge on any atom is 0.195 e. The number of rotatable bonds is 5. The third kappa shape index (κ3) is 2.17. The maximum absolute atomic E-state index is 5.87. The van der Waals surface area contributed by atoms with Crippen LogP contribution in [0.1, 0.15) is 32.9 Å². The molecule has 0 atom stereocenters.